The number of fused-ring (bicyclic) bond motifs is 2. The minimum absolute atomic E-state index is 0.0207. The quantitative estimate of drug-likeness (QED) is 0.357. The van der Waals surface area contributed by atoms with Gasteiger partial charge < -0.3 is 4.74 Å². The number of nitrogens with zero attached hydrogens (tertiary/aromatic N) is 1. The molecule has 180 valence electrons. The molecule has 2 aromatic carbocycles. The average molecular weight is 458 g/mol. The van der Waals surface area contributed by atoms with Crippen LogP contribution in [0.4, 0.5) is 0 Å². The van der Waals surface area contributed by atoms with Gasteiger partial charge in [0.05, 0.1) is 0 Å². The Bertz CT molecular complexity index is 1010. The number of rotatable bonds is 6. The molecule has 2 bridgehead atoms. The molecule has 3 heteroatoms. The van der Waals surface area contributed by atoms with Crippen LogP contribution in [0.2, 0.25) is 0 Å². The van der Waals surface area contributed by atoms with Gasteiger partial charge in [-0.05, 0) is 48.6 Å². The fourth-order valence-electron chi connectivity index (χ4n) is 6.90. The monoisotopic (exact) mass is 457 g/mol. The van der Waals surface area contributed by atoms with Crippen LogP contribution in [0, 0.1) is 17.8 Å². The zero-order chi connectivity index (χ0) is 23.9. The molecule has 1 heterocycles. The van der Waals surface area contributed by atoms with Crippen LogP contribution in [0.1, 0.15) is 70.5 Å². The summed E-state index contributed by atoms with van der Waals surface area (Å²) in [6.07, 6.45) is 8.78. The van der Waals surface area contributed by atoms with E-state index in [1.165, 1.54) is 17.5 Å². The van der Waals surface area contributed by atoms with Gasteiger partial charge in [0.1, 0.15) is 12.1 Å². The molecule has 0 unspecified atom stereocenters. The zero-order valence-corrected chi connectivity index (χ0v) is 21.1. The van der Waals surface area contributed by atoms with Crippen molar-refractivity contribution in [3.05, 3.63) is 83.9 Å². The second-order valence-electron chi connectivity index (χ2n) is 11.4. The van der Waals surface area contributed by atoms with Crippen LogP contribution in [0.25, 0.3) is 0 Å². The third kappa shape index (κ3) is 4.24. The molecule has 0 radical (unpaired) electrons. The van der Waals surface area contributed by atoms with E-state index in [2.05, 4.69) is 105 Å². The second-order valence-corrected chi connectivity index (χ2v) is 11.4. The molecule has 3 nitrogen and oxygen atoms in total. The van der Waals surface area contributed by atoms with Crippen LogP contribution in [0.5, 0.6) is 0 Å². The molecule has 1 saturated heterocycles. The molecule has 0 aromatic heterocycles. The Kier molecular flexibility index (Phi) is 6.41. The van der Waals surface area contributed by atoms with Gasteiger partial charge in [0, 0.05) is 23.9 Å². The number of esters is 1. The molecule has 0 spiro atoms. The highest BCUT2D eigenvalue weighted by Gasteiger charge is 2.51. The van der Waals surface area contributed by atoms with Gasteiger partial charge in [-0.25, -0.2) is 0 Å². The van der Waals surface area contributed by atoms with Crippen LogP contribution in [0.3, 0.4) is 0 Å². The van der Waals surface area contributed by atoms with Crippen LogP contribution < -0.4 is 0 Å². The Morgan fingerprint density at radius 2 is 1.65 bits per heavy atom. The van der Waals surface area contributed by atoms with E-state index in [0.29, 0.717) is 17.9 Å². The summed E-state index contributed by atoms with van der Waals surface area (Å²) >= 11 is 0. The lowest BCUT2D eigenvalue weighted by Gasteiger charge is -2.45. The van der Waals surface area contributed by atoms with Crippen molar-refractivity contribution in [1.82, 2.24) is 4.90 Å². The van der Waals surface area contributed by atoms with Gasteiger partial charge >= 0.3 is 5.97 Å². The average Bonchev–Trinajstić information content (AvgIpc) is 3.46. The van der Waals surface area contributed by atoms with E-state index in [4.69, 9.17) is 4.74 Å². The number of benzene rings is 2. The van der Waals surface area contributed by atoms with Crippen molar-refractivity contribution in [2.75, 3.05) is 0 Å². The Balaban J connectivity index is 1.38. The number of carbonyl (C=O) groups excluding carboxylic acids is 1. The van der Waals surface area contributed by atoms with E-state index in [0.717, 1.165) is 19.3 Å². The normalized spacial score (nSPS) is 32.0. The number of ether oxygens (including phenoxy) is 1. The van der Waals surface area contributed by atoms with Gasteiger partial charge in [0.25, 0.3) is 0 Å². The van der Waals surface area contributed by atoms with E-state index in [-0.39, 0.29) is 35.5 Å². The maximum atomic E-state index is 13.9. The molecule has 2 aromatic rings. The van der Waals surface area contributed by atoms with Crippen molar-refractivity contribution < 1.29 is 9.53 Å². The maximum Gasteiger partial charge on any atom is 0.324 e. The summed E-state index contributed by atoms with van der Waals surface area (Å²) in [4.78, 5) is 16.3. The largest absolute Gasteiger partial charge is 0.461 e. The van der Waals surface area contributed by atoms with Crippen molar-refractivity contribution in [3.63, 3.8) is 0 Å². The summed E-state index contributed by atoms with van der Waals surface area (Å²) in [6, 6.07) is 21.6. The highest BCUT2D eigenvalue weighted by atomic mass is 16.5. The number of carbonyl (C=O) groups is 1. The molecule has 0 amide bonds. The molecule has 5 rings (SSSR count). The third-order valence-electron chi connectivity index (χ3n) is 8.94. The summed E-state index contributed by atoms with van der Waals surface area (Å²) in [5.41, 5.74) is 2.55. The van der Waals surface area contributed by atoms with Crippen molar-refractivity contribution in [2.45, 2.75) is 83.0 Å². The molecule has 1 saturated carbocycles. The van der Waals surface area contributed by atoms with Gasteiger partial charge in [0.2, 0.25) is 0 Å². The van der Waals surface area contributed by atoms with Crippen molar-refractivity contribution in [1.29, 1.82) is 0 Å². The topological polar surface area (TPSA) is 29.5 Å². The molecule has 2 aliphatic carbocycles. The van der Waals surface area contributed by atoms with Crippen LogP contribution in [-0.2, 0) is 14.9 Å². The lowest BCUT2D eigenvalue weighted by molar-refractivity contribution is -0.164. The Hall–Kier alpha value is -2.39. The first-order valence-electron chi connectivity index (χ1n) is 13.1. The van der Waals surface area contributed by atoms with E-state index in [9.17, 15) is 4.79 Å². The molecule has 0 N–H and O–H groups in total. The summed E-state index contributed by atoms with van der Waals surface area (Å²) < 4.78 is 6.52. The number of hydrogen-bond acceptors (Lipinski definition) is 3. The van der Waals surface area contributed by atoms with Gasteiger partial charge in [-0.3, -0.25) is 9.69 Å². The minimum atomic E-state index is -0.192. The molecule has 7 atom stereocenters. The van der Waals surface area contributed by atoms with E-state index in [1.54, 1.807) is 0 Å². The second kappa shape index (κ2) is 9.34. The summed E-state index contributed by atoms with van der Waals surface area (Å²) in [6.45, 7) is 9.19. The minimum Gasteiger partial charge on any atom is -0.461 e. The van der Waals surface area contributed by atoms with E-state index >= 15 is 0 Å². The fourth-order valence-corrected chi connectivity index (χ4v) is 6.90. The number of likely N-dealkylation sites (tertiary alicyclic amines) is 1. The Morgan fingerprint density at radius 1 is 0.971 bits per heavy atom. The highest BCUT2D eigenvalue weighted by Crippen LogP contribution is 2.46. The molecule has 34 heavy (non-hydrogen) atoms. The zero-order valence-electron chi connectivity index (χ0n) is 21.1. The van der Waals surface area contributed by atoms with Gasteiger partial charge in [-0.15, -0.1) is 0 Å². The van der Waals surface area contributed by atoms with Gasteiger partial charge in [-0.1, -0.05) is 100 Å². The smallest absolute Gasteiger partial charge is 0.324 e. The lowest BCUT2D eigenvalue weighted by atomic mass is 9.64. The third-order valence-corrected chi connectivity index (χ3v) is 8.94. The Morgan fingerprint density at radius 3 is 2.35 bits per heavy atom. The van der Waals surface area contributed by atoms with E-state index < -0.39 is 0 Å². The fraction of sp³-hybridized carbons (Fsp3) is 0.516. The van der Waals surface area contributed by atoms with Crippen LogP contribution >= 0.6 is 0 Å². The van der Waals surface area contributed by atoms with Crippen molar-refractivity contribution in [3.8, 4) is 0 Å². The highest BCUT2D eigenvalue weighted by molar-refractivity contribution is 5.78. The SMILES string of the molecule is C[C@@H]1CC[C@@H](C(C)(C)c2ccccc2)[C@@H](OC(=O)[C@@H]2[C@H]3C=C[C@H](C3)N2[C@H](C)c2ccccc2)C1. The van der Waals surface area contributed by atoms with Crippen molar-refractivity contribution >= 4 is 5.97 Å². The van der Waals surface area contributed by atoms with Crippen LogP contribution in [0.15, 0.2) is 72.8 Å². The first-order valence-corrected chi connectivity index (χ1v) is 13.1. The molecular weight excluding hydrogens is 418 g/mol. The van der Waals surface area contributed by atoms with Gasteiger partial charge in [-0.2, -0.15) is 0 Å². The lowest BCUT2D eigenvalue weighted by Crippen LogP contribution is -2.49. The molecular formula is C31H39NO2. The Labute approximate surface area is 205 Å². The van der Waals surface area contributed by atoms with Crippen LogP contribution in [-0.4, -0.2) is 29.1 Å². The maximum absolute atomic E-state index is 13.9. The summed E-state index contributed by atoms with van der Waals surface area (Å²) in [5.74, 6) is 1.14. The molecule has 3 aliphatic rings. The first kappa shape index (κ1) is 23.4. The van der Waals surface area contributed by atoms with Gasteiger partial charge in [0.15, 0.2) is 0 Å². The molecule has 1 aliphatic heterocycles. The first-order chi connectivity index (χ1) is 16.4. The molecule has 2 fully saturated rings. The summed E-state index contributed by atoms with van der Waals surface area (Å²) in [7, 11) is 0. The standard InChI is InChI=1S/C31H39NO2/c1-21-15-18-27(31(3,4)25-13-9-6-10-14-25)28(19-21)34-30(33)29-24-16-17-26(20-24)32(29)22(2)23-11-7-5-8-12-23/h5-14,16-17,21-22,24,26-29H,15,18-20H2,1-4H3/t21-,22-,24+,26-,27-,28+,29+/m1/s1. The van der Waals surface area contributed by atoms with Crippen molar-refractivity contribution in [2.24, 2.45) is 17.8 Å². The predicted molar refractivity (Wildman–Crippen MR) is 137 cm³/mol. The van der Waals surface area contributed by atoms with E-state index in [1.807, 2.05) is 0 Å². The predicted octanol–water partition coefficient (Wildman–Crippen LogP) is 6.70. The summed E-state index contributed by atoms with van der Waals surface area (Å²) in [5, 5.41) is 0. The number of hydrogen-bond donors (Lipinski definition) is 0.